The van der Waals surface area contributed by atoms with Gasteiger partial charge in [-0.2, -0.15) is 5.26 Å². The van der Waals surface area contributed by atoms with Crippen molar-refractivity contribution in [1.29, 1.82) is 5.26 Å². The molecule has 0 saturated heterocycles. The second-order valence-electron chi connectivity index (χ2n) is 3.59. The summed E-state index contributed by atoms with van der Waals surface area (Å²) < 4.78 is 0. The van der Waals surface area contributed by atoms with Gasteiger partial charge in [0.1, 0.15) is 6.04 Å². The number of nitrogens with zero attached hydrogens (tertiary/aromatic N) is 1. The average Bonchev–Trinajstić information content (AvgIpc) is 2.29. The van der Waals surface area contributed by atoms with Gasteiger partial charge < -0.3 is 11.1 Å². The number of hydrogen-bond acceptors (Lipinski definition) is 3. The molecule has 0 bridgehead atoms. The standard InChI is InChI=1S/C12H15N3O/c1-9-3-5-10(6-4-9)11(14)12(16)15-8-2-7-13/h3-6,11H,2,8,14H2,1H3,(H,15,16). The Morgan fingerprint density at radius 2 is 2.12 bits per heavy atom. The summed E-state index contributed by atoms with van der Waals surface area (Å²) in [6.07, 6.45) is 0.298. The van der Waals surface area contributed by atoms with E-state index in [4.69, 9.17) is 11.0 Å². The predicted octanol–water partition coefficient (Wildman–Crippen LogP) is 1.02. The molecule has 1 aromatic carbocycles. The lowest BCUT2D eigenvalue weighted by Crippen LogP contribution is -2.34. The highest BCUT2D eigenvalue weighted by Crippen LogP contribution is 2.11. The molecule has 4 nitrogen and oxygen atoms in total. The molecule has 3 N–H and O–H groups in total. The van der Waals surface area contributed by atoms with E-state index in [-0.39, 0.29) is 5.91 Å². The molecule has 84 valence electrons. The van der Waals surface area contributed by atoms with Gasteiger partial charge >= 0.3 is 0 Å². The Morgan fingerprint density at radius 1 is 1.50 bits per heavy atom. The number of benzene rings is 1. The van der Waals surface area contributed by atoms with Crippen LogP contribution in [0.1, 0.15) is 23.6 Å². The third kappa shape index (κ3) is 3.37. The molecule has 0 aliphatic carbocycles. The molecule has 0 aliphatic heterocycles. The summed E-state index contributed by atoms with van der Waals surface area (Å²) in [5.74, 6) is -0.251. The van der Waals surface area contributed by atoms with E-state index in [1.54, 1.807) is 0 Å². The largest absolute Gasteiger partial charge is 0.353 e. The zero-order chi connectivity index (χ0) is 12.0. The van der Waals surface area contributed by atoms with Crippen molar-refractivity contribution >= 4 is 5.91 Å². The quantitative estimate of drug-likeness (QED) is 0.739. The highest BCUT2D eigenvalue weighted by molar-refractivity contribution is 5.82. The first-order valence-corrected chi connectivity index (χ1v) is 5.12. The molecule has 0 fully saturated rings. The molecule has 0 aromatic heterocycles. The summed E-state index contributed by atoms with van der Waals surface area (Å²) >= 11 is 0. The molecule has 1 rings (SSSR count). The lowest BCUT2D eigenvalue weighted by Gasteiger charge is -2.11. The van der Waals surface area contributed by atoms with Gasteiger partial charge in [-0.15, -0.1) is 0 Å². The van der Waals surface area contributed by atoms with E-state index in [9.17, 15) is 4.79 Å². The van der Waals surface area contributed by atoms with Crippen LogP contribution in [-0.4, -0.2) is 12.5 Å². The van der Waals surface area contributed by atoms with Crippen LogP contribution in [0.3, 0.4) is 0 Å². The van der Waals surface area contributed by atoms with E-state index >= 15 is 0 Å². The maximum absolute atomic E-state index is 11.6. The molecule has 1 amide bonds. The first-order valence-electron chi connectivity index (χ1n) is 5.12. The smallest absolute Gasteiger partial charge is 0.241 e. The number of nitrogens with one attached hydrogen (secondary N) is 1. The van der Waals surface area contributed by atoms with E-state index < -0.39 is 6.04 Å². The fourth-order valence-electron chi connectivity index (χ4n) is 1.28. The van der Waals surface area contributed by atoms with Crippen LogP contribution in [0.5, 0.6) is 0 Å². The summed E-state index contributed by atoms with van der Waals surface area (Å²) in [5.41, 5.74) is 7.68. The van der Waals surface area contributed by atoms with Gasteiger partial charge in [0.15, 0.2) is 0 Å². The normalized spacial score (nSPS) is 11.6. The van der Waals surface area contributed by atoms with Crippen molar-refractivity contribution < 1.29 is 4.79 Å². The number of carbonyl (C=O) groups is 1. The van der Waals surface area contributed by atoms with Crippen LogP contribution in [0.25, 0.3) is 0 Å². The highest BCUT2D eigenvalue weighted by atomic mass is 16.2. The van der Waals surface area contributed by atoms with E-state index in [0.29, 0.717) is 13.0 Å². The number of rotatable bonds is 4. The SMILES string of the molecule is Cc1ccc(C(N)C(=O)NCCC#N)cc1. The van der Waals surface area contributed by atoms with Crippen molar-refractivity contribution in [3.63, 3.8) is 0 Å². The van der Waals surface area contributed by atoms with Crippen molar-refractivity contribution in [2.24, 2.45) is 5.73 Å². The monoisotopic (exact) mass is 217 g/mol. The first kappa shape index (κ1) is 12.2. The number of carbonyl (C=O) groups excluding carboxylic acids is 1. The predicted molar refractivity (Wildman–Crippen MR) is 61.3 cm³/mol. The second-order valence-corrected chi connectivity index (χ2v) is 3.59. The van der Waals surface area contributed by atoms with Crippen LogP contribution in [0.15, 0.2) is 24.3 Å². The average molecular weight is 217 g/mol. The van der Waals surface area contributed by atoms with Crippen LogP contribution < -0.4 is 11.1 Å². The van der Waals surface area contributed by atoms with Crippen molar-refractivity contribution in [2.45, 2.75) is 19.4 Å². The lowest BCUT2D eigenvalue weighted by molar-refractivity contribution is -0.122. The maximum atomic E-state index is 11.6. The Kier molecular flexibility index (Phi) is 4.49. The molecule has 0 heterocycles. The molecule has 4 heteroatoms. The van der Waals surface area contributed by atoms with Gasteiger partial charge in [-0.25, -0.2) is 0 Å². The van der Waals surface area contributed by atoms with Gasteiger partial charge in [0.05, 0.1) is 12.5 Å². The molecule has 1 aromatic rings. The Hall–Kier alpha value is -1.86. The number of hydrogen-bond donors (Lipinski definition) is 2. The second kappa shape index (κ2) is 5.89. The minimum Gasteiger partial charge on any atom is -0.353 e. The van der Waals surface area contributed by atoms with E-state index in [1.165, 1.54) is 0 Å². The Balaban J connectivity index is 2.57. The summed E-state index contributed by atoms with van der Waals surface area (Å²) in [6.45, 7) is 2.32. The Labute approximate surface area is 95.1 Å². The van der Waals surface area contributed by atoms with Crippen LogP contribution in [0, 0.1) is 18.3 Å². The van der Waals surface area contributed by atoms with Gasteiger partial charge in [0.2, 0.25) is 5.91 Å². The first-order chi connectivity index (χ1) is 7.65. The van der Waals surface area contributed by atoms with Gasteiger partial charge in [0, 0.05) is 6.54 Å². The van der Waals surface area contributed by atoms with Crippen molar-refractivity contribution in [3.8, 4) is 6.07 Å². The van der Waals surface area contributed by atoms with E-state index in [2.05, 4.69) is 5.32 Å². The Bertz CT molecular complexity index is 392. The summed E-state index contributed by atoms with van der Waals surface area (Å²) in [5, 5.41) is 10.9. The fraction of sp³-hybridized carbons (Fsp3) is 0.333. The zero-order valence-corrected chi connectivity index (χ0v) is 9.23. The third-order valence-electron chi connectivity index (χ3n) is 2.25. The van der Waals surface area contributed by atoms with Crippen molar-refractivity contribution in [2.75, 3.05) is 6.54 Å². The molecule has 0 aliphatic rings. The molecular weight excluding hydrogens is 202 g/mol. The van der Waals surface area contributed by atoms with Crippen molar-refractivity contribution in [3.05, 3.63) is 35.4 Å². The summed E-state index contributed by atoms with van der Waals surface area (Å²) in [6, 6.07) is 8.79. The molecule has 1 atom stereocenters. The van der Waals surface area contributed by atoms with Gasteiger partial charge in [-0.1, -0.05) is 29.8 Å². The highest BCUT2D eigenvalue weighted by Gasteiger charge is 2.14. The number of aryl methyl sites for hydroxylation is 1. The topological polar surface area (TPSA) is 78.9 Å². The number of amides is 1. The van der Waals surface area contributed by atoms with E-state index in [0.717, 1.165) is 11.1 Å². The van der Waals surface area contributed by atoms with E-state index in [1.807, 2.05) is 37.3 Å². The number of nitriles is 1. The van der Waals surface area contributed by atoms with Gasteiger partial charge in [0.25, 0.3) is 0 Å². The van der Waals surface area contributed by atoms with Crippen LogP contribution in [0.4, 0.5) is 0 Å². The molecule has 16 heavy (non-hydrogen) atoms. The molecule has 0 radical (unpaired) electrons. The maximum Gasteiger partial charge on any atom is 0.241 e. The summed E-state index contributed by atoms with van der Waals surface area (Å²) in [7, 11) is 0. The minimum absolute atomic E-state index is 0.251. The van der Waals surface area contributed by atoms with Crippen molar-refractivity contribution in [1.82, 2.24) is 5.32 Å². The van der Waals surface area contributed by atoms with Gasteiger partial charge in [-0.05, 0) is 12.5 Å². The third-order valence-corrected chi connectivity index (χ3v) is 2.25. The molecule has 1 unspecified atom stereocenters. The number of nitrogens with two attached hydrogens (primary N) is 1. The summed E-state index contributed by atoms with van der Waals surface area (Å²) in [4.78, 5) is 11.6. The fourth-order valence-corrected chi connectivity index (χ4v) is 1.28. The van der Waals surface area contributed by atoms with Crippen LogP contribution in [0.2, 0.25) is 0 Å². The Morgan fingerprint density at radius 3 is 2.69 bits per heavy atom. The lowest BCUT2D eigenvalue weighted by atomic mass is 10.1. The molecule has 0 spiro atoms. The van der Waals surface area contributed by atoms with Gasteiger partial charge in [-0.3, -0.25) is 4.79 Å². The van der Waals surface area contributed by atoms with Crippen LogP contribution >= 0.6 is 0 Å². The molecule has 0 saturated carbocycles. The minimum atomic E-state index is -0.667. The zero-order valence-electron chi connectivity index (χ0n) is 9.23. The molecular formula is C12H15N3O. The van der Waals surface area contributed by atoms with Crippen LogP contribution in [-0.2, 0) is 4.79 Å².